The topological polar surface area (TPSA) is 59.0 Å². The lowest BCUT2D eigenvalue weighted by atomic mass is 10.2. The monoisotopic (exact) mass is 480 g/mol. The van der Waals surface area contributed by atoms with E-state index in [9.17, 15) is 4.79 Å². The first-order chi connectivity index (χ1) is 14.2. The van der Waals surface area contributed by atoms with Crippen molar-refractivity contribution >= 4 is 70.1 Å². The molecule has 2 aromatic carbocycles. The van der Waals surface area contributed by atoms with Crippen molar-refractivity contribution in [2.24, 2.45) is 0 Å². The molecule has 0 N–H and O–H groups in total. The van der Waals surface area contributed by atoms with Gasteiger partial charge in [-0.3, -0.25) is 14.7 Å². The van der Waals surface area contributed by atoms with Gasteiger partial charge in [0, 0.05) is 16.9 Å². The molecule has 0 bridgehead atoms. The van der Waals surface area contributed by atoms with E-state index < -0.39 is 0 Å². The normalized spacial score (nSPS) is 11.2. The van der Waals surface area contributed by atoms with Crippen LogP contribution in [0.4, 0.5) is 5.13 Å². The summed E-state index contributed by atoms with van der Waals surface area (Å²) >= 11 is 6.39. The number of pyridine rings is 1. The van der Waals surface area contributed by atoms with Gasteiger partial charge < -0.3 is 0 Å². The van der Waals surface area contributed by atoms with Gasteiger partial charge in [-0.2, -0.15) is 0 Å². The molecule has 0 spiro atoms. The van der Waals surface area contributed by atoms with Gasteiger partial charge in [0.05, 0.1) is 27.0 Å². The number of thiazole rings is 2. The SMILES string of the molecule is O=C(c1nc2ccccc2s1)N(Cc1cccnc1)c1nc2ccc(Br)cc2s1. The molecule has 0 unspecified atom stereocenters. The highest BCUT2D eigenvalue weighted by Crippen LogP contribution is 2.33. The maximum atomic E-state index is 13.5. The largest absolute Gasteiger partial charge is 0.289 e. The molecule has 5 nitrogen and oxygen atoms in total. The number of fused-ring (bicyclic) bond motifs is 2. The number of amides is 1. The molecule has 0 aliphatic carbocycles. The number of carbonyl (C=O) groups excluding carboxylic acids is 1. The van der Waals surface area contributed by atoms with Gasteiger partial charge in [0.15, 0.2) is 10.1 Å². The number of para-hydroxylation sites is 1. The third kappa shape index (κ3) is 3.66. The van der Waals surface area contributed by atoms with Crippen LogP contribution in [0.15, 0.2) is 71.5 Å². The van der Waals surface area contributed by atoms with Gasteiger partial charge in [-0.15, -0.1) is 11.3 Å². The van der Waals surface area contributed by atoms with Crippen molar-refractivity contribution in [2.45, 2.75) is 6.54 Å². The van der Waals surface area contributed by atoms with Crippen molar-refractivity contribution in [1.82, 2.24) is 15.0 Å². The zero-order chi connectivity index (χ0) is 19.8. The van der Waals surface area contributed by atoms with Crippen molar-refractivity contribution < 1.29 is 4.79 Å². The quantitative estimate of drug-likeness (QED) is 0.320. The number of aromatic nitrogens is 3. The molecule has 0 atom stereocenters. The molecule has 0 saturated carbocycles. The summed E-state index contributed by atoms with van der Waals surface area (Å²) in [5.74, 6) is -0.159. The lowest BCUT2D eigenvalue weighted by molar-refractivity contribution is 0.0985. The molecule has 0 aliphatic rings. The standard InChI is InChI=1S/C21H13BrN4OS2/c22-14-7-8-16-18(10-14)29-21(25-16)26(12-13-4-3-9-23-11-13)20(27)19-24-15-5-1-2-6-17(15)28-19/h1-11H,12H2. The first-order valence-corrected chi connectivity index (χ1v) is 11.2. The van der Waals surface area contributed by atoms with Crippen LogP contribution in [-0.4, -0.2) is 20.9 Å². The van der Waals surface area contributed by atoms with Crippen LogP contribution in [0.2, 0.25) is 0 Å². The van der Waals surface area contributed by atoms with Gasteiger partial charge in [-0.05, 0) is 42.0 Å². The van der Waals surface area contributed by atoms with Gasteiger partial charge in [0.25, 0.3) is 5.91 Å². The predicted molar refractivity (Wildman–Crippen MR) is 122 cm³/mol. The van der Waals surface area contributed by atoms with Crippen molar-refractivity contribution in [3.8, 4) is 0 Å². The van der Waals surface area contributed by atoms with Crippen LogP contribution in [0.5, 0.6) is 0 Å². The second-order valence-electron chi connectivity index (χ2n) is 6.35. The second kappa shape index (κ2) is 7.62. The Morgan fingerprint density at radius 3 is 2.66 bits per heavy atom. The van der Waals surface area contributed by atoms with Crippen LogP contribution in [0, 0.1) is 0 Å². The lowest BCUT2D eigenvalue weighted by Gasteiger charge is -2.18. The van der Waals surface area contributed by atoms with Crippen LogP contribution in [0.3, 0.4) is 0 Å². The highest BCUT2D eigenvalue weighted by atomic mass is 79.9. The van der Waals surface area contributed by atoms with E-state index in [0.29, 0.717) is 16.7 Å². The smallest absolute Gasteiger partial charge is 0.277 e. The molecule has 3 aromatic heterocycles. The second-order valence-corrected chi connectivity index (χ2v) is 9.30. The van der Waals surface area contributed by atoms with E-state index >= 15 is 0 Å². The Hall–Kier alpha value is -2.68. The molecule has 5 aromatic rings. The Bertz CT molecular complexity index is 1300. The number of halogens is 1. The highest BCUT2D eigenvalue weighted by molar-refractivity contribution is 9.10. The number of hydrogen-bond acceptors (Lipinski definition) is 6. The molecule has 5 rings (SSSR count). The van der Waals surface area contributed by atoms with Crippen molar-refractivity contribution in [3.05, 3.63) is 82.0 Å². The first-order valence-electron chi connectivity index (χ1n) is 8.80. The van der Waals surface area contributed by atoms with Crippen LogP contribution in [0.1, 0.15) is 15.4 Å². The van der Waals surface area contributed by atoms with Crippen LogP contribution in [-0.2, 0) is 6.54 Å². The molecule has 0 fully saturated rings. The number of carbonyl (C=O) groups is 1. The maximum absolute atomic E-state index is 13.5. The van der Waals surface area contributed by atoms with Crippen LogP contribution >= 0.6 is 38.6 Å². The summed E-state index contributed by atoms with van der Waals surface area (Å²) in [6.45, 7) is 0.379. The zero-order valence-electron chi connectivity index (χ0n) is 14.9. The third-order valence-corrected chi connectivity index (χ3v) is 6.91. The number of benzene rings is 2. The van der Waals surface area contributed by atoms with Crippen molar-refractivity contribution in [1.29, 1.82) is 0 Å². The summed E-state index contributed by atoms with van der Waals surface area (Å²) in [7, 11) is 0. The average Bonchev–Trinajstić information content (AvgIpc) is 3.36. The van der Waals surface area contributed by atoms with Crippen molar-refractivity contribution in [2.75, 3.05) is 4.90 Å². The van der Waals surface area contributed by atoms with Gasteiger partial charge in [-0.25, -0.2) is 9.97 Å². The third-order valence-electron chi connectivity index (χ3n) is 4.36. The molecule has 0 radical (unpaired) electrons. The number of rotatable bonds is 4. The van der Waals surface area contributed by atoms with Gasteiger partial charge in [-0.1, -0.05) is 45.5 Å². The molecule has 8 heteroatoms. The van der Waals surface area contributed by atoms with E-state index in [1.807, 2.05) is 54.6 Å². The Morgan fingerprint density at radius 2 is 1.83 bits per heavy atom. The molecule has 142 valence electrons. The summed E-state index contributed by atoms with van der Waals surface area (Å²) < 4.78 is 2.99. The highest BCUT2D eigenvalue weighted by Gasteiger charge is 2.24. The van der Waals surface area contributed by atoms with Crippen molar-refractivity contribution in [3.63, 3.8) is 0 Å². The fraction of sp³-hybridized carbons (Fsp3) is 0.0476. The average molecular weight is 481 g/mol. The Morgan fingerprint density at radius 1 is 0.966 bits per heavy atom. The Balaban J connectivity index is 1.59. The first kappa shape index (κ1) is 18.4. The molecular formula is C21H13BrN4OS2. The summed E-state index contributed by atoms with van der Waals surface area (Å²) in [5, 5.41) is 1.10. The Kier molecular flexibility index (Phi) is 4.83. The molecule has 1 amide bonds. The molecule has 0 saturated heterocycles. The molecule has 3 heterocycles. The number of nitrogens with zero attached hydrogens (tertiary/aromatic N) is 4. The number of anilines is 1. The van der Waals surface area contributed by atoms with E-state index in [2.05, 4.69) is 25.9 Å². The molecule has 0 aliphatic heterocycles. The van der Waals surface area contributed by atoms with Crippen LogP contribution in [0.25, 0.3) is 20.4 Å². The predicted octanol–water partition coefficient (Wildman–Crippen LogP) is 5.91. The molecular weight excluding hydrogens is 468 g/mol. The van der Waals surface area contributed by atoms with Gasteiger partial charge in [0.2, 0.25) is 0 Å². The van der Waals surface area contributed by atoms with Gasteiger partial charge >= 0.3 is 0 Å². The Labute approximate surface area is 182 Å². The van der Waals surface area contributed by atoms with E-state index in [-0.39, 0.29) is 5.91 Å². The summed E-state index contributed by atoms with van der Waals surface area (Å²) in [4.78, 5) is 28.6. The summed E-state index contributed by atoms with van der Waals surface area (Å²) in [5.41, 5.74) is 2.62. The zero-order valence-corrected chi connectivity index (χ0v) is 18.2. The fourth-order valence-corrected chi connectivity index (χ4v) is 5.41. The minimum Gasteiger partial charge on any atom is -0.277 e. The maximum Gasteiger partial charge on any atom is 0.289 e. The minimum atomic E-state index is -0.159. The summed E-state index contributed by atoms with van der Waals surface area (Å²) in [6.07, 6.45) is 3.49. The lowest BCUT2D eigenvalue weighted by Crippen LogP contribution is -2.30. The van der Waals surface area contributed by atoms with Gasteiger partial charge in [0.1, 0.15) is 0 Å². The number of hydrogen-bond donors (Lipinski definition) is 0. The van der Waals surface area contributed by atoms with Crippen LogP contribution < -0.4 is 4.90 Å². The van der Waals surface area contributed by atoms with E-state index in [1.54, 1.807) is 17.3 Å². The summed E-state index contributed by atoms with van der Waals surface area (Å²) in [6, 6.07) is 17.5. The fourth-order valence-electron chi connectivity index (χ4n) is 2.98. The minimum absolute atomic E-state index is 0.159. The van der Waals surface area contributed by atoms with E-state index in [1.165, 1.54) is 22.7 Å². The molecule has 29 heavy (non-hydrogen) atoms. The van der Waals surface area contributed by atoms with E-state index in [0.717, 1.165) is 30.5 Å². The van der Waals surface area contributed by atoms with E-state index in [4.69, 9.17) is 4.98 Å².